The van der Waals surface area contributed by atoms with E-state index in [0.29, 0.717) is 0 Å². The summed E-state index contributed by atoms with van der Waals surface area (Å²) < 4.78 is 2.53. The SMILES string of the molecule is CC(C)(C)c1ccc2c(c1)c1cc(C(C)(C)C)ccc1n2-c1ccc2ccc3c(N(c4cccc(-c5cccc(-c6ccccc6)c5)c4)c4cc(-c5ccccc5)cc(-c5ccccc5)c4)ccc4ccc1c2c43. The van der Waals surface area contributed by atoms with E-state index in [4.69, 9.17) is 0 Å². The van der Waals surface area contributed by atoms with Crippen molar-refractivity contribution in [3.63, 3.8) is 0 Å². The lowest BCUT2D eigenvalue weighted by Gasteiger charge is -2.29. The molecular weight excluding hydrogens is 893 g/mol. The molecule has 0 aliphatic carbocycles. The Morgan fingerprint density at radius 3 is 1.27 bits per heavy atom. The van der Waals surface area contributed by atoms with Gasteiger partial charge in [0.1, 0.15) is 0 Å². The fraction of sp³-hybridized carbons (Fsp3) is 0.111. The summed E-state index contributed by atoms with van der Waals surface area (Å²) in [4.78, 5) is 2.50. The van der Waals surface area contributed by atoms with Crippen LogP contribution in [-0.2, 0) is 10.8 Å². The predicted molar refractivity (Wildman–Crippen MR) is 318 cm³/mol. The van der Waals surface area contributed by atoms with Gasteiger partial charge in [0, 0.05) is 32.9 Å². The molecule has 0 fully saturated rings. The highest BCUT2D eigenvalue weighted by molar-refractivity contribution is 6.27. The van der Waals surface area contributed by atoms with Gasteiger partial charge in [0.25, 0.3) is 0 Å². The summed E-state index contributed by atoms with van der Waals surface area (Å²) in [5, 5.41) is 10.0. The zero-order chi connectivity index (χ0) is 50.3. The van der Waals surface area contributed by atoms with Crippen LogP contribution < -0.4 is 4.90 Å². The Morgan fingerprint density at radius 1 is 0.297 bits per heavy atom. The van der Waals surface area contributed by atoms with Crippen molar-refractivity contribution in [3.8, 4) is 50.2 Å². The second-order valence-corrected chi connectivity index (χ2v) is 22.2. The van der Waals surface area contributed by atoms with Gasteiger partial charge in [-0.3, -0.25) is 0 Å². The largest absolute Gasteiger partial charge is 0.310 e. The second-order valence-electron chi connectivity index (χ2n) is 22.2. The van der Waals surface area contributed by atoms with E-state index in [1.807, 2.05) is 0 Å². The maximum absolute atomic E-state index is 2.53. The molecule has 1 aromatic heterocycles. The van der Waals surface area contributed by atoms with Gasteiger partial charge in [0.05, 0.1) is 22.4 Å². The lowest BCUT2D eigenvalue weighted by atomic mass is 9.85. The topological polar surface area (TPSA) is 8.17 Å². The molecule has 0 radical (unpaired) electrons. The number of nitrogens with zero attached hydrogens (tertiary/aromatic N) is 2. The summed E-state index contributed by atoms with van der Waals surface area (Å²) in [5.41, 5.74) is 19.1. The standard InChI is InChI=1S/C72H58N2/c1-71(2,3)57-32-38-67-63(45-57)64-46-58(72(4,5)6)33-39-68(64)74(67)66-37-31-51-28-34-61-65(36-30-50-29-35-62(66)70(51)69(50)61)73(59-27-17-26-54(42-59)53-25-16-24-52(40-53)47-18-10-7-11-19-47)60-43-55(48-20-12-8-13-21-48)41-56(44-60)49-22-14-9-15-23-49/h7-46H,1-6H3. The van der Waals surface area contributed by atoms with Crippen LogP contribution in [0.25, 0.3) is 104 Å². The van der Waals surface area contributed by atoms with Crippen LogP contribution in [0.1, 0.15) is 52.7 Å². The molecule has 1 heterocycles. The van der Waals surface area contributed by atoms with Crippen molar-refractivity contribution < 1.29 is 0 Å². The van der Waals surface area contributed by atoms with Gasteiger partial charge in [-0.15, -0.1) is 0 Å². The van der Waals surface area contributed by atoms with Crippen LogP contribution in [0.15, 0.2) is 243 Å². The Labute approximate surface area is 434 Å². The Morgan fingerprint density at radius 2 is 0.716 bits per heavy atom. The Bertz CT molecular complexity index is 4110. The highest BCUT2D eigenvalue weighted by Gasteiger charge is 2.25. The zero-order valence-electron chi connectivity index (χ0n) is 43.0. The van der Waals surface area contributed by atoms with E-state index < -0.39 is 0 Å². The number of benzene rings is 12. The minimum absolute atomic E-state index is 0.0174. The summed E-state index contributed by atoms with van der Waals surface area (Å²) in [6, 6.07) is 90.5. The summed E-state index contributed by atoms with van der Waals surface area (Å²) in [6.45, 7) is 13.9. The molecule has 2 nitrogen and oxygen atoms in total. The van der Waals surface area contributed by atoms with Crippen LogP contribution in [0.5, 0.6) is 0 Å². The highest BCUT2D eigenvalue weighted by atomic mass is 15.1. The normalized spacial score (nSPS) is 12.2. The first kappa shape index (κ1) is 45.2. The first-order valence-electron chi connectivity index (χ1n) is 26.1. The van der Waals surface area contributed by atoms with Gasteiger partial charge in [-0.1, -0.05) is 211 Å². The molecule has 0 saturated carbocycles. The maximum atomic E-state index is 2.53. The molecular formula is C72H58N2. The van der Waals surface area contributed by atoms with Gasteiger partial charge in [-0.05, 0) is 161 Å². The smallest absolute Gasteiger partial charge is 0.0541 e. The predicted octanol–water partition coefficient (Wildman–Crippen LogP) is 20.4. The van der Waals surface area contributed by atoms with Crippen molar-refractivity contribution in [2.75, 3.05) is 4.90 Å². The Kier molecular flexibility index (Phi) is 10.7. The number of fused-ring (bicyclic) bond motifs is 3. The summed E-state index contributed by atoms with van der Waals surface area (Å²) in [5.74, 6) is 0. The Hall–Kier alpha value is -8.72. The third-order valence-electron chi connectivity index (χ3n) is 15.4. The Balaban J connectivity index is 1.06. The number of anilines is 3. The third kappa shape index (κ3) is 7.81. The van der Waals surface area contributed by atoms with Gasteiger partial charge >= 0.3 is 0 Å². The van der Waals surface area contributed by atoms with E-state index in [-0.39, 0.29) is 10.8 Å². The van der Waals surface area contributed by atoms with Crippen molar-refractivity contribution in [1.29, 1.82) is 0 Å². The van der Waals surface area contributed by atoms with Crippen LogP contribution in [0.4, 0.5) is 17.1 Å². The van der Waals surface area contributed by atoms with E-state index in [9.17, 15) is 0 Å². The highest BCUT2D eigenvalue weighted by Crippen LogP contribution is 2.48. The number of hydrogen-bond donors (Lipinski definition) is 0. The molecule has 0 bridgehead atoms. The van der Waals surface area contributed by atoms with E-state index >= 15 is 0 Å². The van der Waals surface area contributed by atoms with Crippen molar-refractivity contribution >= 4 is 71.2 Å². The molecule has 13 aromatic rings. The summed E-state index contributed by atoms with van der Waals surface area (Å²) in [7, 11) is 0. The van der Waals surface area contributed by atoms with Crippen LogP contribution in [-0.4, -0.2) is 4.57 Å². The molecule has 13 rings (SSSR count). The van der Waals surface area contributed by atoms with Crippen LogP contribution >= 0.6 is 0 Å². The fourth-order valence-corrected chi connectivity index (χ4v) is 11.5. The van der Waals surface area contributed by atoms with Crippen molar-refractivity contribution in [2.45, 2.75) is 52.4 Å². The average Bonchev–Trinajstić information content (AvgIpc) is 3.76. The minimum Gasteiger partial charge on any atom is -0.310 e. The van der Waals surface area contributed by atoms with Gasteiger partial charge in [-0.2, -0.15) is 0 Å². The van der Waals surface area contributed by atoms with Gasteiger partial charge in [0.2, 0.25) is 0 Å². The fourth-order valence-electron chi connectivity index (χ4n) is 11.5. The summed E-state index contributed by atoms with van der Waals surface area (Å²) >= 11 is 0. The van der Waals surface area contributed by atoms with E-state index in [0.717, 1.165) is 33.8 Å². The lowest BCUT2D eigenvalue weighted by molar-refractivity contribution is 0.590. The number of rotatable bonds is 8. The molecule has 356 valence electrons. The quantitative estimate of drug-likeness (QED) is 0.138. The molecule has 0 atom stereocenters. The number of aromatic nitrogens is 1. The molecule has 0 N–H and O–H groups in total. The van der Waals surface area contributed by atoms with Crippen molar-refractivity contribution in [3.05, 3.63) is 254 Å². The lowest BCUT2D eigenvalue weighted by Crippen LogP contribution is -2.11. The molecule has 0 aliphatic rings. The van der Waals surface area contributed by atoms with E-state index in [1.54, 1.807) is 0 Å². The van der Waals surface area contributed by atoms with E-state index in [2.05, 4.69) is 294 Å². The molecule has 12 aromatic carbocycles. The van der Waals surface area contributed by atoms with Gasteiger partial charge < -0.3 is 9.47 Å². The first-order valence-corrected chi connectivity index (χ1v) is 26.1. The average molecular weight is 951 g/mol. The molecule has 74 heavy (non-hydrogen) atoms. The van der Waals surface area contributed by atoms with Gasteiger partial charge in [0.15, 0.2) is 0 Å². The van der Waals surface area contributed by atoms with Crippen molar-refractivity contribution in [2.24, 2.45) is 0 Å². The second kappa shape index (κ2) is 17.5. The number of hydrogen-bond acceptors (Lipinski definition) is 1. The molecule has 0 aliphatic heterocycles. The zero-order valence-corrected chi connectivity index (χ0v) is 43.0. The molecule has 2 heteroatoms. The van der Waals surface area contributed by atoms with Crippen LogP contribution in [0, 0.1) is 0 Å². The van der Waals surface area contributed by atoms with Crippen LogP contribution in [0.3, 0.4) is 0 Å². The first-order chi connectivity index (χ1) is 35.9. The minimum atomic E-state index is 0.0174. The van der Waals surface area contributed by atoms with Gasteiger partial charge in [-0.25, -0.2) is 0 Å². The maximum Gasteiger partial charge on any atom is 0.0541 e. The molecule has 0 saturated heterocycles. The van der Waals surface area contributed by atoms with E-state index in [1.165, 1.54) is 98.8 Å². The molecule has 0 unspecified atom stereocenters. The monoisotopic (exact) mass is 950 g/mol. The summed E-state index contributed by atoms with van der Waals surface area (Å²) in [6.07, 6.45) is 0. The molecule has 0 amide bonds. The molecule has 0 spiro atoms. The van der Waals surface area contributed by atoms with Crippen LogP contribution in [0.2, 0.25) is 0 Å². The van der Waals surface area contributed by atoms with Crippen molar-refractivity contribution in [1.82, 2.24) is 4.57 Å². The third-order valence-corrected chi connectivity index (χ3v) is 15.4.